The van der Waals surface area contributed by atoms with Crippen molar-refractivity contribution in [3.8, 4) is 0 Å². The number of aliphatic hydroxyl groups is 1. The number of hydrogen-bond acceptors (Lipinski definition) is 4. The Morgan fingerprint density at radius 2 is 1.83 bits per heavy atom. The summed E-state index contributed by atoms with van der Waals surface area (Å²) in [5.41, 5.74) is 0. The number of sulfonamides is 1. The van der Waals surface area contributed by atoms with Gasteiger partial charge in [0.1, 0.15) is 0 Å². The van der Waals surface area contributed by atoms with Crippen molar-refractivity contribution < 1.29 is 13.5 Å². The highest BCUT2D eigenvalue weighted by Crippen LogP contribution is 2.10. The molecule has 0 aliphatic carbocycles. The van der Waals surface area contributed by atoms with E-state index in [-0.39, 0.29) is 36.3 Å². The van der Waals surface area contributed by atoms with Crippen molar-refractivity contribution in [3.05, 3.63) is 0 Å². The topological polar surface area (TPSA) is 103 Å². The van der Waals surface area contributed by atoms with Crippen LogP contribution in [0.4, 0.5) is 0 Å². The lowest BCUT2D eigenvalue weighted by molar-refractivity contribution is 0.253. The standard InChI is InChI=1S/C15H34N4O3S.HI/c1-4-8-14(9-12-20)13-18-15(16-5-2)17-10-7-11-19-23(21,22)6-3;/h14,19-20H,4-13H2,1-3H3,(H2,16,17,18);1H. The second kappa shape index (κ2) is 16.3. The zero-order chi connectivity index (χ0) is 17.6. The molecule has 0 heterocycles. The number of nitrogens with zero attached hydrogens (tertiary/aromatic N) is 1. The van der Waals surface area contributed by atoms with Crippen LogP contribution >= 0.6 is 24.0 Å². The molecule has 0 spiro atoms. The molecule has 4 N–H and O–H groups in total. The highest BCUT2D eigenvalue weighted by Gasteiger charge is 2.07. The highest BCUT2D eigenvalue weighted by molar-refractivity contribution is 14.0. The second-order valence-electron chi connectivity index (χ2n) is 5.46. The first-order valence-corrected chi connectivity index (χ1v) is 10.2. The summed E-state index contributed by atoms with van der Waals surface area (Å²) in [5.74, 6) is 1.25. The van der Waals surface area contributed by atoms with E-state index in [0.29, 0.717) is 32.0 Å². The molecule has 0 aliphatic rings. The van der Waals surface area contributed by atoms with Gasteiger partial charge in [0.2, 0.25) is 10.0 Å². The van der Waals surface area contributed by atoms with Crippen molar-refractivity contribution in [1.29, 1.82) is 0 Å². The van der Waals surface area contributed by atoms with Gasteiger partial charge in [0.25, 0.3) is 0 Å². The first-order valence-electron chi connectivity index (χ1n) is 8.59. The fourth-order valence-electron chi connectivity index (χ4n) is 2.10. The maximum atomic E-state index is 11.3. The first kappa shape index (κ1) is 26.1. The lowest BCUT2D eigenvalue weighted by Crippen LogP contribution is -2.39. The molecule has 9 heteroatoms. The van der Waals surface area contributed by atoms with Crippen molar-refractivity contribution in [2.45, 2.75) is 46.5 Å². The molecule has 0 aliphatic heterocycles. The van der Waals surface area contributed by atoms with Crippen LogP contribution < -0.4 is 15.4 Å². The quantitative estimate of drug-likeness (QED) is 0.138. The Bertz CT molecular complexity index is 413. The SMILES string of the molecule is CCCC(CCO)CN=C(NCC)NCCCNS(=O)(=O)CC.I. The molecule has 0 aromatic rings. The summed E-state index contributed by atoms with van der Waals surface area (Å²) in [7, 11) is -3.11. The Kier molecular flexibility index (Phi) is 17.8. The molecule has 1 unspecified atom stereocenters. The summed E-state index contributed by atoms with van der Waals surface area (Å²) in [6, 6.07) is 0. The molecule has 0 amide bonds. The van der Waals surface area contributed by atoms with Gasteiger partial charge in [-0.2, -0.15) is 0 Å². The van der Waals surface area contributed by atoms with E-state index in [0.717, 1.165) is 31.8 Å². The van der Waals surface area contributed by atoms with E-state index in [2.05, 4.69) is 27.3 Å². The molecule has 0 saturated carbocycles. The summed E-state index contributed by atoms with van der Waals surface area (Å²) in [4.78, 5) is 4.56. The second-order valence-corrected chi connectivity index (χ2v) is 7.56. The van der Waals surface area contributed by atoms with Gasteiger partial charge in [-0.25, -0.2) is 13.1 Å². The van der Waals surface area contributed by atoms with Crippen LogP contribution in [0.3, 0.4) is 0 Å². The monoisotopic (exact) mass is 478 g/mol. The van der Waals surface area contributed by atoms with Crippen LogP contribution in [0, 0.1) is 5.92 Å². The van der Waals surface area contributed by atoms with Gasteiger partial charge >= 0.3 is 0 Å². The highest BCUT2D eigenvalue weighted by atomic mass is 127. The van der Waals surface area contributed by atoms with Crippen molar-refractivity contribution in [3.63, 3.8) is 0 Å². The molecule has 1 atom stereocenters. The zero-order valence-electron chi connectivity index (χ0n) is 15.2. The molecule has 0 radical (unpaired) electrons. The maximum absolute atomic E-state index is 11.3. The Hall–Kier alpha value is -0.130. The van der Waals surface area contributed by atoms with Crippen LogP contribution in [0.15, 0.2) is 4.99 Å². The van der Waals surface area contributed by atoms with Crippen LogP contribution in [0.5, 0.6) is 0 Å². The molecule has 0 saturated heterocycles. The van der Waals surface area contributed by atoms with Gasteiger partial charge in [-0.3, -0.25) is 4.99 Å². The Morgan fingerprint density at radius 1 is 1.12 bits per heavy atom. The van der Waals surface area contributed by atoms with E-state index >= 15 is 0 Å². The molecule has 7 nitrogen and oxygen atoms in total. The minimum absolute atomic E-state index is 0. The van der Waals surface area contributed by atoms with Gasteiger partial charge in [-0.05, 0) is 39.0 Å². The lowest BCUT2D eigenvalue weighted by Gasteiger charge is -2.15. The van der Waals surface area contributed by atoms with Gasteiger partial charge in [-0.1, -0.05) is 13.3 Å². The van der Waals surface area contributed by atoms with Crippen LogP contribution in [0.1, 0.15) is 46.5 Å². The fraction of sp³-hybridized carbons (Fsp3) is 0.933. The Labute approximate surface area is 164 Å². The lowest BCUT2D eigenvalue weighted by atomic mass is 10.0. The molecular weight excluding hydrogens is 443 g/mol. The smallest absolute Gasteiger partial charge is 0.211 e. The predicted octanol–water partition coefficient (Wildman–Crippen LogP) is 1.29. The number of nitrogens with one attached hydrogen (secondary N) is 3. The number of halogens is 1. The van der Waals surface area contributed by atoms with Crippen molar-refractivity contribution in [1.82, 2.24) is 15.4 Å². The number of aliphatic hydroxyl groups excluding tert-OH is 1. The normalized spacial score (nSPS) is 13.2. The largest absolute Gasteiger partial charge is 0.396 e. The van der Waals surface area contributed by atoms with Gasteiger partial charge in [-0.15, -0.1) is 24.0 Å². The Morgan fingerprint density at radius 3 is 2.38 bits per heavy atom. The third-order valence-electron chi connectivity index (χ3n) is 3.43. The molecule has 0 rings (SSSR count). The minimum Gasteiger partial charge on any atom is -0.396 e. The number of guanidine groups is 1. The fourth-order valence-corrected chi connectivity index (χ4v) is 2.76. The summed E-state index contributed by atoms with van der Waals surface area (Å²) in [6.07, 6.45) is 3.61. The van der Waals surface area contributed by atoms with E-state index in [9.17, 15) is 8.42 Å². The van der Waals surface area contributed by atoms with E-state index < -0.39 is 10.0 Å². The third-order valence-corrected chi connectivity index (χ3v) is 4.84. The molecule has 0 aromatic heterocycles. The summed E-state index contributed by atoms with van der Waals surface area (Å²) < 4.78 is 25.2. The van der Waals surface area contributed by atoms with E-state index in [1.807, 2.05) is 6.92 Å². The molecular formula is C15H35IN4O3S. The summed E-state index contributed by atoms with van der Waals surface area (Å²) >= 11 is 0. The maximum Gasteiger partial charge on any atom is 0.211 e. The van der Waals surface area contributed by atoms with Crippen LogP contribution in [0.25, 0.3) is 0 Å². The number of hydrogen-bond donors (Lipinski definition) is 4. The predicted molar refractivity (Wildman–Crippen MR) is 112 cm³/mol. The van der Waals surface area contributed by atoms with E-state index in [1.165, 1.54) is 0 Å². The van der Waals surface area contributed by atoms with Gasteiger partial charge in [0.15, 0.2) is 5.96 Å². The molecule has 0 fully saturated rings. The van der Waals surface area contributed by atoms with Crippen LogP contribution in [0.2, 0.25) is 0 Å². The number of aliphatic imine (C=N–C) groups is 1. The first-order chi connectivity index (χ1) is 11.0. The van der Waals surface area contributed by atoms with Crippen LogP contribution in [-0.4, -0.2) is 58.0 Å². The number of rotatable bonds is 13. The zero-order valence-corrected chi connectivity index (χ0v) is 18.3. The van der Waals surface area contributed by atoms with Gasteiger partial charge in [0.05, 0.1) is 5.75 Å². The van der Waals surface area contributed by atoms with Crippen molar-refractivity contribution in [2.75, 3.05) is 38.5 Å². The molecule has 24 heavy (non-hydrogen) atoms. The Balaban J connectivity index is 0. The van der Waals surface area contributed by atoms with Gasteiger partial charge < -0.3 is 15.7 Å². The average Bonchev–Trinajstić information content (AvgIpc) is 2.52. The molecule has 0 aromatic carbocycles. The van der Waals surface area contributed by atoms with Crippen molar-refractivity contribution in [2.24, 2.45) is 10.9 Å². The average molecular weight is 478 g/mol. The van der Waals surface area contributed by atoms with Crippen molar-refractivity contribution >= 4 is 40.0 Å². The van der Waals surface area contributed by atoms with Gasteiger partial charge in [0, 0.05) is 32.8 Å². The summed E-state index contributed by atoms with van der Waals surface area (Å²) in [6.45, 7) is 8.48. The van der Waals surface area contributed by atoms with E-state index in [4.69, 9.17) is 5.11 Å². The van der Waals surface area contributed by atoms with E-state index in [1.54, 1.807) is 6.92 Å². The third kappa shape index (κ3) is 14.2. The molecule has 0 bridgehead atoms. The minimum atomic E-state index is -3.11. The summed E-state index contributed by atoms with van der Waals surface area (Å²) in [5, 5.41) is 15.5. The van der Waals surface area contributed by atoms with Crippen LogP contribution in [-0.2, 0) is 10.0 Å². The molecule has 146 valence electrons.